The number of benzene rings is 1. The Labute approximate surface area is 104 Å². The van der Waals surface area contributed by atoms with Gasteiger partial charge in [-0.3, -0.25) is 0 Å². The van der Waals surface area contributed by atoms with E-state index < -0.39 is 0 Å². The third kappa shape index (κ3) is 1.76. The predicted octanol–water partition coefficient (Wildman–Crippen LogP) is 2.52. The molecule has 2 heterocycles. The van der Waals surface area contributed by atoms with Gasteiger partial charge in [0.15, 0.2) is 0 Å². The quantitative estimate of drug-likeness (QED) is 0.749. The maximum atomic E-state index is 12.9. The number of hydrogen-bond acceptors (Lipinski definition) is 2. The molecule has 18 heavy (non-hydrogen) atoms. The van der Waals surface area contributed by atoms with Crippen LogP contribution in [-0.2, 0) is 0 Å². The van der Waals surface area contributed by atoms with Crippen LogP contribution in [0.4, 0.5) is 4.39 Å². The zero-order valence-corrected chi connectivity index (χ0v) is 9.62. The van der Waals surface area contributed by atoms with Crippen LogP contribution in [0.3, 0.4) is 0 Å². The monoisotopic (exact) mass is 241 g/mol. The first-order chi connectivity index (χ1) is 8.75. The Bertz CT molecular complexity index is 673. The van der Waals surface area contributed by atoms with Gasteiger partial charge in [0.05, 0.1) is 17.8 Å². The summed E-state index contributed by atoms with van der Waals surface area (Å²) in [5.74, 6) is -0.259. The summed E-state index contributed by atoms with van der Waals surface area (Å²) in [6, 6.07) is 11.8. The van der Waals surface area contributed by atoms with E-state index in [1.807, 2.05) is 24.4 Å². The van der Waals surface area contributed by atoms with E-state index in [-0.39, 0.29) is 11.9 Å². The first-order valence-corrected chi connectivity index (χ1v) is 5.69. The fourth-order valence-corrected chi connectivity index (χ4v) is 2.04. The Morgan fingerprint density at radius 1 is 1.11 bits per heavy atom. The molecule has 0 amide bonds. The third-order valence-electron chi connectivity index (χ3n) is 3.02. The maximum absolute atomic E-state index is 12.9. The molecule has 0 saturated heterocycles. The van der Waals surface area contributed by atoms with E-state index >= 15 is 0 Å². The Balaban J connectivity index is 2.06. The molecule has 0 aliphatic heterocycles. The van der Waals surface area contributed by atoms with E-state index in [0.717, 1.165) is 16.6 Å². The van der Waals surface area contributed by atoms with Gasteiger partial charge in [0, 0.05) is 11.8 Å². The van der Waals surface area contributed by atoms with Gasteiger partial charge in [-0.1, -0.05) is 18.2 Å². The standard InChI is InChI=1S/C14H12FN3/c15-11-6-4-10(5-7-11)14(16)12-9-17-18-8-2-1-3-13(12)18/h1-9,14H,16H2. The van der Waals surface area contributed by atoms with E-state index in [1.165, 1.54) is 12.1 Å². The van der Waals surface area contributed by atoms with Crippen LogP contribution < -0.4 is 5.73 Å². The molecular formula is C14H12FN3. The third-order valence-corrected chi connectivity index (χ3v) is 3.02. The van der Waals surface area contributed by atoms with Gasteiger partial charge in [-0.05, 0) is 29.8 Å². The van der Waals surface area contributed by atoms with Crippen LogP contribution in [0.15, 0.2) is 54.9 Å². The summed E-state index contributed by atoms with van der Waals surface area (Å²) in [6.07, 6.45) is 3.62. The van der Waals surface area contributed by atoms with Crippen LogP contribution in [0.1, 0.15) is 17.2 Å². The SMILES string of the molecule is NC(c1ccc(F)cc1)c1cnn2ccccc12. The minimum Gasteiger partial charge on any atom is -0.320 e. The summed E-state index contributed by atoms with van der Waals surface area (Å²) in [7, 11) is 0. The van der Waals surface area contributed by atoms with Crippen LogP contribution in [0, 0.1) is 5.82 Å². The van der Waals surface area contributed by atoms with E-state index in [9.17, 15) is 4.39 Å². The summed E-state index contributed by atoms with van der Waals surface area (Å²) in [5.41, 5.74) is 8.97. The number of nitrogens with two attached hydrogens (primary N) is 1. The van der Waals surface area contributed by atoms with E-state index in [2.05, 4.69) is 5.10 Å². The second-order valence-corrected chi connectivity index (χ2v) is 4.16. The average Bonchev–Trinajstić information content (AvgIpc) is 2.82. The van der Waals surface area contributed by atoms with Gasteiger partial charge in [0.25, 0.3) is 0 Å². The van der Waals surface area contributed by atoms with Crippen molar-refractivity contribution in [3.8, 4) is 0 Å². The van der Waals surface area contributed by atoms with Gasteiger partial charge in [0.1, 0.15) is 5.82 Å². The summed E-state index contributed by atoms with van der Waals surface area (Å²) >= 11 is 0. The van der Waals surface area contributed by atoms with Crippen molar-refractivity contribution < 1.29 is 4.39 Å². The molecule has 4 heteroatoms. The lowest BCUT2D eigenvalue weighted by Crippen LogP contribution is -2.11. The molecule has 3 rings (SSSR count). The largest absolute Gasteiger partial charge is 0.320 e. The number of hydrogen-bond donors (Lipinski definition) is 1. The number of aromatic nitrogens is 2. The number of halogens is 1. The molecule has 0 radical (unpaired) electrons. The Morgan fingerprint density at radius 3 is 2.67 bits per heavy atom. The van der Waals surface area contributed by atoms with Gasteiger partial charge >= 0.3 is 0 Å². The molecule has 1 aromatic carbocycles. The highest BCUT2D eigenvalue weighted by molar-refractivity contribution is 5.56. The summed E-state index contributed by atoms with van der Waals surface area (Å²) in [5, 5.41) is 4.25. The lowest BCUT2D eigenvalue weighted by Gasteiger charge is -2.10. The van der Waals surface area contributed by atoms with Gasteiger partial charge in [0.2, 0.25) is 0 Å². The highest BCUT2D eigenvalue weighted by Gasteiger charge is 2.13. The molecule has 0 spiro atoms. The van der Waals surface area contributed by atoms with E-state index in [0.29, 0.717) is 0 Å². The topological polar surface area (TPSA) is 43.3 Å². The van der Waals surface area contributed by atoms with E-state index in [1.54, 1.807) is 22.8 Å². The van der Waals surface area contributed by atoms with Gasteiger partial charge in [-0.25, -0.2) is 8.91 Å². The minimum atomic E-state index is -0.300. The van der Waals surface area contributed by atoms with Crippen LogP contribution in [0.5, 0.6) is 0 Å². The zero-order chi connectivity index (χ0) is 12.5. The zero-order valence-electron chi connectivity index (χ0n) is 9.62. The van der Waals surface area contributed by atoms with Crippen molar-refractivity contribution in [2.75, 3.05) is 0 Å². The average molecular weight is 241 g/mol. The molecule has 0 fully saturated rings. The number of nitrogens with zero attached hydrogens (tertiary/aromatic N) is 2. The highest BCUT2D eigenvalue weighted by atomic mass is 19.1. The van der Waals surface area contributed by atoms with Crippen molar-refractivity contribution >= 4 is 5.52 Å². The van der Waals surface area contributed by atoms with Gasteiger partial charge in [-0.2, -0.15) is 5.10 Å². The molecule has 0 aliphatic rings. The molecule has 2 aromatic heterocycles. The van der Waals surface area contributed by atoms with Crippen molar-refractivity contribution in [2.45, 2.75) is 6.04 Å². The normalized spacial score (nSPS) is 12.8. The van der Waals surface area contributed by atoms with E-state index in [4.69, 9.17) is 5.73 Å². The molecule has 0 aliphatic carbocycles. The van der Waals surface area contributed by atoms with Crippen molar-refractivity contribution in [3.63, 3.8) is 0 Å². The van der Waals surface area contributed by atoms with Crippen molar-refractivity contribution in [1.82, 2.24) is 9.61 Å². The number of pyridine rings is 1. The minimum absolute atomic E-state index is 0.259. The van der Waals surface area contributed by atoms with Crippen molar-refractivity contribution in [3.05, 3.63) is 71.8 Å². The predicted molar refractivity (Wildman–Crippen MR) is 67.6 cm³/mol. The van der Waals surface area contributed by atoms with Crippen molar-refractivity contribution in [2.24, 2.45) is 5.73 Å². The lowest BCUT2D eigenvalue weighted by atomic mass is 10.0. The number of fused-ring (bicyclic) bond motifs is 1. The second-order valence-electron chi connectivity index (χ2n) is 4.16. The summed E-state index contributed by atoms with van der Waals surface area (Å²) in [6.45, 7) is 0. The van der Waals surface area contributed by atoms with Crippen LogP contribution in [0.2, 0.25) is 0 Å². The molecule has 0 bridgehead atoms. The lowest BCUT2D eigenvalue weighted by molar-refractivity contribution is 0.626. The smallest absolute Gasteiger partial charge is 0.123 e. The van der Waals surface area contributed by atoms with Gasteiger partial charge in [-0.15, -0.1) is 0 Å². The molecule has 0 saturated carbocycles. The molecule has 90 valence electrons. The van der Waals surface area contributed by atoms with Crippen LogP contribution >= 0.6 is 0 Å². The first-order valence-electron chi connectivity index (χ1n) is 5.69. The molecule has 1 unspecified atom stereocenters. The van der Waals surface area contributed by atoms with Crippen LogP contribution in [0.25, 0.3) is 5.52 Å². The second kappa shape index (κ2) is 4.23. The first kappa shape index (κ1) is 10.9. The molecule has 3 aromatic rings. The fraction of sp³-hybridized carbons (Fsp3) is 0.0714. The highest BCUT2D eigenvalue weighted by Crippen LogP contribution is 2.23. The maximum Gasteiger partial charge on any atom is 0.123 e. The van der Waals surface area contributed by atoms with Crippen LogP contribution in [-0.4, -0.2) is 9.61 Å². The Morgan fingerprint density at radius 2 is 1.89 bits per heavy atom. The van der Waals surface area contributed by atoms with Crippen molar-refractivity contribution in [1.29, 1.82) is 0 Å². The fourth-order valence-electron chi connectivity index (χ4n) is 2.04. The number of rotatable bonds is 2. The molecular weight excluding hydrogens is 229 g/mol. The van der Waals surface area contributed by atoms with Gasteiger partial charge < -0.3 is 5.73 Å². The summed E-state index contributed by atoms with van der Waals surface area (Å²) in [4.78, 5) is 0. The molecule has 2 N–H and O–H groups in total. The molecule has 3 nitrogen and oxygen atoms in total. The Hall–Kier alpha value is -2.20. The summed E-state index contributed by atoms with van der Waals surface area (Å²) < 4.78 is 14.7. The molecule has 1 atom stereocenters. The Kier molecular flexibility index (Phi) is 2.57.